The van der Waals surface area contributed by atoms with Crippen LogP contribution in [-0.2, 0) is 34.4 Å². The van der Waals surface area contributed by atoms with Crippen LogP contribution in [0.15, 0.2) is 42.5 Å². The maximum atomic E-state index is 13.3. The van der Waals surface area contributed by atoms with Crippen LogP contribution in [0, 0.1) is 5.82 Å². The summed E-state index contributed by atoms with van der Waals surface area (Å²) in [6.45, 7) is 4.03. The third-order valence-corrected chi connectivity index (χ3v) is 6.50. The van der Waals surface area contributed by atoms with Crippen molar-refractivity contribution in [3.05, 3.63) is 65.0 Å². The maximum Gasteiger partial charge on any atom is 0.304 e. The molecule has 0 aliphatic heterocycles. The van der Waals surface area contributed by atoms with Crippen molar-refractivity contribution in [2.45, 2.75) is 33.2 Å². The molecule has 0 saturated heterocycles. The Morgan fingerprint density at radius 3 is 2.21 bits per heavy atom. The summed E-state index contributed by atoms with van der Waals surface area (Å²) in [5, 5.41) is 2.81. The molecular weight excluding hydrogens is 393 g/mol. The van der Waals surface area contributed by atoms with Crippen molar-refractivity contribution in [2.75, 3.05) is 24.9 Å². The molecule has 6 nitrogen and oxygen atoms in total. The number of hydrogen-bond acceptors (Lipinski definition) is 3. The zero-order chi connectivity index (χ0) is 21.6. The first-order valence-electron chi connectivity index (χ1n) is 9.52. The van der Waals surface area contributed by atoms with Gasteiger partial charge in [-0.05, 0) is 53.8 Å². The van der Waals surface area contributed by atoms with E-state index in [9.17, 15) is 17.6 Å². The molecule has 1 amide bonds. The number of carbonyl (C=O) groups is 1. The molecule has 0 heterocycles. The molecule has 1 N–H and O–H groups in total. The first-order chi connectivity index (χ1) is 13.7. The topological polar surface area (TPSA) is 69.7 Å². The van der Waals surface area contributed by atoms with Gasteiger partial charge in [-0.1, -0.05) is 32.0 Å². The van der Waals surface area contributed by atoms with Gasteiger partial charge < -0.3 is 5.32 Å². The fourth-order valence-corrected chi connectivity index (χ4v) is 3.96. The van der Waals surface area contributed by atoms with E-state index >= 15 is 0 Å². The van der Waals surface area contributed by atoms with Gasteiger partial charge >= 0.3 is 10.2 Å². The normalized spacial score (nSPS) is 11.5. The van der Waals surface area contributed by atoms with Gasteiger partial charge in [-0.3, -0.25) is 4.79 Å². The Bertz CT molecular complexity index is 944. The highest BCUT2D eigenvalue weighted by molar-refractivity contribution is 7.90. The second-order valence-corrected chi connectivity index (χ2v) is 8.93. The van der Waals surface area contributed by atoms with E-state index in [0.717, 1.165) is 44.7 Å². The highest BCUT2D eigenvalue weighted by Crippen LogP contribution is 2.20. The number of hydrogen-bond donors (Lipinski definition) is 1. The standard InChI is InChI=1S/C21H28FN3O3S/c1-5-16-7-8-17(6-2)18(13-16)14-23-21(26)15-25(29(27,28)24(3)4)20-11-9-19(22)10-12-20/h7-13H,5-6,14-15H2,1-4H3,(H,23,26). The summed E-state index contributed by atoms with van der Waals surface area (Å²) >= 11 is 0. The van der Waals surface area contributed by atoms with Crippen molar-refractivity contribution in [3.63, 3.8) is 0 Å². The number of aryl methyl sites for hydroxylation is 2. The number of nitrogens with zero attached hydrogens (tertiary/aromatic N) is 2. The Labute approximate surface area is 172 Å². The van der Waals surface area contributed by atoms with Crippen LogP contribution >= 0.6 is 0 Å². The third-order valence-electron chi connectivity index (χ3n) is 4.68. The van der Waals surface area contributed by atoms with Crippen LogP contribution in [0.1, 0.15) is 30.5 Å². The predicted molar refractivity (Wildman–Crippen MR) is 113 cm³/mol. The number of rotatable bonds is 9. The van der Waals surface area contributed by atoms with Gasteiger partial charge in [-0.15, -0.1) is 0 Å². The Balaban J connectivity index is 2.19. The van der Waals surface area contributed by atoms with Crippen molar-refractivity contribution >= 4 is 21.8 Å². The Morgan fingerprint density at radius 1 is 1.00 bits per heavy atom. The van der Waals surface area contributed by atoms with Gasteiger partial charge in [0.25, 0.3) is 0 Å². The molecule has 8 heteroatoms. The molecule has 0 saturated carbocycles. The lowest BCUT2D eigenvalue weighted by atomic mass is 10.0. The van der Waals surface area contributed by atoms with Crippen LogP contribution < -0.4 is 9.62 Å². The molecule has 0 aromatic heterocycles. The summed E-state index contributed by atoms with van der Waals surface area (Å²) in [5.41, 5.74) is 3.55. The molecule has 0 aliphatic carbocycles. The lowest BCUT2D eigenvalue weighted by Crippen LogP contribution is -2.45. The fourth-order valence-electron chi connectivity index (χ4n) is 2.90. The zero-order valence-electron chi connectivity index (χ0n) is 17.3. The number of carbonyl (C=O) groups excluding carboxylic acids is 1. The summed E-state index contributed by atoms with van der Waals surface area (Å²) in [7, 11) is -1.16. The third kappa shape index (κ3) is 5.77. The van der Waals surface area contributed by atoms with Crippen LogP contribution in [-0.4, -0.2) is 39.3 Å². The van der Waals surface area contributed by atoms with Gasteiger partial charge in [-0.2, -0.15) is 12.7 Å². The second-order valence-electron chi connectivity index (χ2n) is 6.86. The van der Waals surface area contributed by atoms with Crippen molar-refractivity contribution < 1.29 is 17.6 Å². The number of nitrogens with one attached hydrogen (secondary N) is 1. The van der Waals surface area contributed by atoms with E-state index in [0.29, 0.717) is 6.54 Å². The summed E-state index contributed by atoms with van der Waals surface area (Å²) in [6, 6.07) is 11.2. The minimum atomic E-state index is -3.92. The maximum absolute atomic E-state index is 13.3. The molecule has 0 fully saturated rings. The molecule has 2 rings (SSSR count). The Kier molecular flexibility index (Phi) is 7.75. The Morgan fingerprint density at radius 2 is 1.66 bits per heavy atom. The molecular formula is C21H28FN3O3S. The van der Waals surface area contributed by atoms with Crippen molar-refractivity contribution in [1.29, 1.82) is 0 Å². The summed E-state index contributed by atoms with van der Waals surface area (Å²) in [4.78, 5) is 12.6. The van der Waals surface area contributed by atoms with Crippen LogP contribution in [0.25, 0.3) is 0 Å². The molecule has 0 spiro atoms. The molecule has 0 aliphatic rings. The number of anilines is 1. The van der Waals surface area contributed by atoms with Crippen molar-refractivity contribution in [2.24, 2.45) is 0 Å². The molecule has 0 atom stereocenters. The molecule has 0 unspecified atom stereocenters. The smallest absolute Gasteiger partial charge is 0.304 e. The van der Waals surface area contributed by atoms with Gasteiger partial charge in [0.2, 0.25) is 5.91 Å². The van der Waals surface area contributed by atoms with E-state index < -0.39 is 28.5 Å². The van der Waals surface area contributed by atoms with Crippen LogP contribution in [0.4, 0.5) is 10.1 Å². The van der Waals surface area contributed by atoms with E-state index in [1.54, 1.807) is 0 Å². The van der Waals surface area contributed by atoms with Crippen molar-refractivity contribution in [1.82, 2.24) is 9.62 Å². The van der Waals surface area contributed by atoms with Crippen molar-refractivity contribution in [3.8, 4) is 0 Å². The fraction of sp³-hybridized carbons (Fsp3) is 0.381. The van der Waals surface area contributed by atoms with E-state index in [2.05, 4.69) is 30.4 Å². The minimum absolute atomic E-state index is 0.220. The van der Waals surface area contributed by atoms with E-state index in [-0.39, 0.29) is 5.69 Å². The summed E-state index contributed by atoms with van der Waals surface area (Å²) < 4.78 is 40.6. The minimum Gasteiger partial charge on any atom is -0.350 e. The van der Waals surface area contributed by atoms with Crippen LogP contribution in [0.2, 0.25) is 0 Å². The predicted octanol–water partition coefficient (Wildman–Crippen LogP) is 2.88. The monoisotopic (exact) mass is 421 g/mol. The lowest BCUT2D eigenvalue weighted by molar-refractivity contribution is -0.119. The quantitative estimate of drug-likeness (QED) is 0.677. The largest absolute Gasteiger partial charge is 0.350 e. The highest BCUT2D eigenvalue weighted by Gasteiger charge is 2.27. The summed E-state index contributed by atoms with van der Waals surface area (Å²) in [5.74, 6) is -0.924. The van der Waals surface area contributed by atoms with Gasteiger partial charge in [0, 0.05) is 20.6 Å². The average Bonchev–Trinajstić information content (AvgIpc) is 2.70. The second kappa shape index (κ2) is 9.84. The molecule has 0 bridgehead atoms. The number of halogens is 1. The zero-order valence-corrected chi connectivity index (χ0v) is 18.1. The molecule has 0 radical (unpaired) electrons. The molecule has 2 aromatic rings. The van der Waals surface area contributed by atoms with Gasteiger partial charge in [-0.25, -0.2) is 8.70 Å². The average molecular weight is 422 g/mol. The number of amides is 1. The molecule has 158 valence electrons. The van der Waals surface area contributed by atoms with Crippen LogP contribution in [0.5, 0.6) is 0 Å². The summed E-state index contributed by atoms with van der Waals surface area (Å²) in [6.07, 6.45) is 1.73. The Hall–Kier alpha value is -2.45. The van der Waals surface area contributed by atoms with E-state index in [4.69, 9.17) is 0 Å². The molecule has 2 aromatic carbocycles. The van der Waals surface area contributed by atoms with Gasteiger partial charge in [0.05, 0.1) is 5.69 Å². The van der Waals surface area contributed by atoms with E-state index in [1.807, 2.05) is 6.92 Å². The number of benzene rings is 2. The first-order valence-corrected chi connectivity index (χ1v) is 10.9. The molecule has 29 heavy (non-hydrogen) atoms. The van der Waals surface area contributed by atoms with E-state index in [1.165, 1.54) is 31.8 Å². The first kappa shape index (κ1) is 22.8. The van der Waals surface area contributed by atoms with Crippen LogP contribution in [0.3, 0.4) is 0 Å². The lowest BCUT2D eigenvalue weighted by Gasteiger charge is -2.27. The van der Waals surface area contributed by atoms with Gasteiger partial charge in [0.15, 0.2) is 0 Å². The van der Waals surface area contributed by atoms with Gasteiger partial charge in [0.1, 0.15) is 12.4 Å². The highest BCUT2D eigenvalue weighted by atomic mass is 32.2. The SMILES string of the molecule is CCc1ccc(CC)c(CNC(=O)CN(c2ccc(F)cc2)S(=O)(=O)N(C)C)c1.